The van der Waals surface area contributed by atoms with Crippen molar-refractivity contribution in [1.82, 2.24) is 9.80 Å². The number of carbonyl (C=O) groups excluding carboxylic acids is 2. The lowest BCUT2D eigenvalue weighted by Crippen LogP contribution is -2.54. The molecule has 5 nitrogen and oxygen atoms in total. The molecule has 1 unspecified atom stereocenters. The predicted molar refractivity (Wildman–Crippen MR) is 81.7 cm³/mol. The number of amides is 2. The van der Waals surface area contributed by atoms with Gasteiger partial charge in [-0.05, 0) is 26.3 Å². The van der Waals surface area contributed by atoms with Gasteiger partial charge in [0.05, 0.1) is 13.1 Å². The highest BCUT2D eigenvalue weighted by Crippen LogP contribution is 2.17. The Hall–Kier alpha value is -1.88. The van der Waals surface area contributed by atoms with E-state index in [1.807, 2.05) is 32.9 Å². The summed E-state index contributed by atoms with van der Waals surface area (Å²) in [6.07, 6.45) is 0. The molecular weight excluding hydrogens is 266 g/mol. The Morgan fingerprint density at radius 3 is 2.14 bits per heavy atom. The lowest BCUT2D eigenvalue weighted by Gasteiger charge is -2.34. The van der Waals surface area contributed by atoms with Gasteiger partial charge in [-0.15, -0.1) is 0 Å². The third-order valence-corrected chi connectivity index (χ3v) is 3.83. The number of benzene rings is 1. The van der Waals surface area contributed by atoms with Gasteiger partial charge in [0.1, 0.15) is 0 Å². The first-order valence-corrected chi connectivity index (χ1v) is 7.30. The molecule has 1 fully saturated rings. The van der Waals surface area contributed by atoms with Crippen molar-refractivity contribution in [1.29, 1.82) is 0 Å². The highest BCUT2D eigenvalue weighted by molar-refractivity contribution is 5.92. The Morgan fingerprint density at radius 1 is 1.05 bits per heavy atom. The molecule has 0 aliphatic carbocycles. The summed E-state index contributed by atoms with van der Waals surface area (Å²) < 4.78 is 0. The zero-order chi connectivity index (χ0) is 15.6. The van der Waals surface area contributed by atoms with Crippen molar-refractivity contribution >= 4 is 11.8 Å². The summed E-state index contributed by atoms with van der Waals surface area (Å²) in [6, 6.07) is 5.89. The Morgan fingerprint density at radius 2 is 1.57 bits per heavy atom. The number of nitrogens with zero attached hydrogens (tertiary/aromatic N) is 2. The standard InChI is InChI=1S/C16H23N3O2/c1-4-18-9-16(21)19(10-15(18)20)8-14(17)13-6-11(2)5-12(3)7-13/h5-7,14H,4,8-10,17H2,1-3H3. The SMILES string of the molecule is CCN1CC(=O)N(CC(N)c2cc(C)cc(C)c2)CC1=O. The molecule has 0 saturated carbocycles. The molecular formula is C16H23N3O2. The molecule has 5 heteroatoms. The van der Waals surface area contributed by atoms with Crippen molar-refractivity contribution in [2.45, 2.75) is 26.8 Å². The van der Waals surface area contributed by atoms with E-state index in [2.05, 4.69) is 6.07 Å². The second-order valence-corrected chi connectivity index (χ2v) is 5.71. The monoisotopic (exact) mass is 289 g/mol. The van der Waals surface area contributed by atoms with Gasteiger partial charge in [0.25, 0.3) is 0 Å². The molecule has 0 bridgehead atoms. The fourth-order valence-electron chi connectivity index (χ4n) is 2.72. The van der Waals surface area contributed by atoms with Crippen LogP contribution < -0.4 is 5.73 Å². The molecule has 2 amide bonds. The average Bonchev–Trinajstić information content (AvgIpc) is 2.41. The number of rotatable bonds is 4. The molecule has 1 aromatic carbocycles. The quantitative estimate of drug-likeness (QED) is 0.899. The molecule has 1 heterocycles. The molecule has 2 rings (SSSR count). The average molecular weight is 289 g/mol. The van der Waals surface area contributed by atoms with Gasteiger partial charge < -0.3 is 15.5 Å². The zero-order valence-electron chi connectivity index (χ0n) is 12.9. The molecule has 0 spiro atoms. The van der Waals surface area contributed by atoms with Crippen LogP contribution in [0.15, 0.2) is 18.2 Å². The van der Waals surface area contributed by atoms with Gasteiger partial charge >= 0.3 is 0 Å². The van der Waals surface area contributed by atoms with Crippen molar-refractivity contribution < 1.29 is 9.59 Å². The van der Waals surface area contributed by atoms with E-state index in [1.54, 1.807) is 9.80 Å². The van der Waals surface area contributed by atoms with Gasteiger partial charge in [0, 0.05) is 19.1 Å². The number of likely N-dealkylation sites (N-methyl/N-ethyl adjacent to an activating group) is 1. The number of nitrogens with two attached hydrogens (primary N) is 1. The van der Waals surface area contributed by atoms with E-state index in [9.17, 15) is 9.59 Å². The second kappa shape index (κ2) is 6.26. The Kier molecular flexibility index (Phi) is 4.63. The Labute approximate surface area is 125 Å². The third-order valence-electron chi connectivity index (χ3n) is 3.83. The van der Waals surface area contributed by atoms with Crippen LogP contribution in [-0.2, 0) is 9.59 Å². The summed E-state index contributed by atoms with van der Waals surface area (Å²) in [5.41, 5.74) is 9.53. The molecule has 1 aliphatic heterocycles. The van der Waals surface area contributed by atoms with E-state index in [4.69, 9.17) is 5.73 Å². The van der Waals surface area contributed by atoms with Crippen LogP contribution in [0.25, 0.3) is 0 Å². The maximum atomic E-state index is 12.1. The molecule has 2 N–H and O–H groups in total. The molecule has 21 heavy (non-hydrogen) atoms. The largest absolute Gasteiger partial charge is 0.332 e. The van der Waals surface area contributed by atoms with E-state index >= 15 is 0 Å². The minimum Gasteiger partial charge on any atom is -0.332 e. The minimum absolute atomic E-state index is 0.00952. The predicted octanol–water partition coefficient (Wildman–Crippen LogP) is 0.994. The van der Waals surface area contributed by atoms with Gasteiger partial charge in [-0.25, -0.2) is 0 Å². The summed E-state index contributed by atoms with van der Waals surface area (Å²) in [5.74, 6) is -0.0407. The van der Waals surface area contributed by atoms with E-state index in [-0.39, 0.29) is 30.9 Å². The third kappa shape index (κ3) is 3.61. The fraction of sp³-hybridized carbons (Fsp3) is 0.500. The lowest BCUT2D eigenvalue weighted by atomic mass is 10.0. The van der Waals surface area contributed by atoms with E-state index in [1.165, 1.54) is 0 Å². The maximum absolute atomic E-state index is 12.1. The minimum atomic E-state index is -0.270. The smallest absolute Gasteiger partial charge is 0.242 e. The van der Waals surface area contributed by atoms with Crippen molar-refractivity contribution in [2.75, 3.05) is 26.2 Å². The first-order chi connectivity index (χ1) is 9.90. The van der Waals surface area contributed by atoms with Crippen LogP contribution in [-0.4, -0.2) is 47.8 Å². The molecule has 1 aromatic rings. The summed E-state index contributed by atoms with van der Waals surface area (Å²) in [6.45, 7) is 7.17. The fourth-order valence-corrected chi connectivity index (χ4v) is 2.72. The van der Waals surface area contributed by atoms with Crippen molar-refractivity contribution in [3.63, 3.8) is 0 Å². The van der Waals surface area contributed by atoms with E-state index < -0.39 is 0 Å². The molecule has 0 aromatic heterocycles. The first kappa shape index (κ1) is 15.5. The van der Waals surface area contributed by atoms with Crippen LogP contribution in [0.1, 0.15) is 29.7 Å². The number of piperazine rings is 1. The van der Waals surface area contributed by atoms with Crippen LogP contribution in [0.5, 0.6) is 0 Å². The Balaban J connectivity index is 2.07. The summed E-state index contributed by atoms with van der Waals surface area (Å²) in [7, 11) is 0. The number of carbonyl (C=O) groups is 2. The normalized spacial score (nSPS) is 17.3. The molecule has 1 aliphatic rings. The first-order valence-electron chi connectivity index (χ1n) is 7.30. The van der Waals surface area contributed by atoms with Gasteiger partial charge in [-0.3, -0.25) is 9.59 Å². The van der Waals surface area contributed by atoms with Gasteiger partial charge in [-0.1, -0.05) is 29.3 Å². The van der Waals surface area contributed by atoms with Gasteiger partial charge in [0.15, 0.2) is 0 Å². The summed E-state index contributed by atoms with van der Waals surface area (Å²) in [4.78, 5) is 27.1. The van der Waals surface area contributed by atoms with Crippen molar-refractivity contribution in [3.05, 3.63) is 34.9 Å². The summed E-state index contributed by atoms with van der Waals surface area (Å²) >= 11 is 0. The van der Waals surface area contributed by atoms with E-state index in [0.29, 0.717) is 13.1 Å². The highest BCUT2D eigenvalue weighted by atomic mass is 16.2. The van der Waals surface area contributed by atoms with Crippen molar-refractivity contribution in [3.8, 4) is 0 Å². The summed E-state index contributed by atoms with van der Waals surface area (Å²) in [5, 5.41) is 0. The Bertz CT molecular complexity index is 536. The number of aryl methyl sites for hydroxylation is 2. The maximum Gasteiger partial charge on any atom is 0.242 e. The molecule has 1 saturated heterocycles. The number of hydrogen-bond acceptors (Lipinski definition) is 3. The second-order valence-electron chi connectivity index (χ2n) is 5.71. The lowest BCUT2D eigenvalue weighted by molar-refractivity contribution is -0.150. The van der Waals surface area contributed by atoms with Crippen LogP contribution in [0, 0.1) is 13.8 Å². The van der Waals surface area contributed by atoms with Crippen LogP contribution in [0.3, 0.4) is 0 Å². The zero-order valence-corrected chi connectivity index (χ0v) is 12.9. The highest BCUT2D eigenvalue weighted by Gasteiger charge is 2.29. The van der Waals surface area contributed by atoms with Gasteiger partial charge in [-0.2, -0.15) is 0 Å². The number of hydrogen-bond donors (Lipinski definition) is 1. The van der Waals surface area contributed by atoms with Crippen LogP contribution in [0.2, 0.25) is 0 Å². The van der Waals surface area contributed by atoms with Crippen molar-refractivity contribution in [2.24, 2.45) is 5.73 Å². The molecule has 0 radical (unpaired) electrons. The van der Waals surface area contributed by atoms with E-state index in [0.717, 1.165) is 16.7 Å². The van der Waals surface area contributed by atoms with Crippen LogP contribution in [0.4, 0.5) is 0 Å². The molecule has 1 atom stereocenters. The van der Waals surface area contributed by atoms with Gasteiger partial charge in [0.2, 0.25) is 11.8 Å². The topological polar surface area (TPSA) is 66.6 Å². The molecule has 114 valence electrons. The van der Waals surface area contributed by atoms with Crippen LogP contribution >= 0.6 is 0 Å².